The molecule has 1 aromatic carbocycles. The van der Waals surface area contributed by atoms with Crippen molar-refractivity contribution in [2.75, 3.05) is 5.75 Å². The summed E-state index contributed by atoms with van der Waals surface area (Å²) < 4.78 is 11.4. The Morgan fingerprint density at radius 1 is 1.25 bits per heavy atom. The Kier molecular flexibility index (Phi) is 7.26. The molecule has 2 nitrogen and oxygen atoms in total. The van der Waals surface area contributed by atoms with Crippen molar-refractivity contribution in [2.45, 2.75) is 45.6 Å². The lowest BCUT2D eigenvalue weighted by molar-refractivity contribution is 0.204. The van der Waals surface area contributed by atoms with Crippen molar-refractivity contribution in [2.24, 2.45) is 0 Å². The van der Waals surface area contributed by atoms with Crippen molar-refractivity contribution in [3.8, 4) is 0 Å². The molecule has 3 heteroatoms. The molecular formula is C13H22O2S. The number of aryl methyl sites for hydroxylation is 1. The van der Waals surface area contributed by atoms with Crippen LogP contribution in [0.25, 0.3) is 0 Å². The van der Waals surface area contributed by atoms with Gasteiger partial charge in [-0.25, -0.2) is 0 Å². The van der Waals surface area contributed by atoms with E-state index in [1.807, 2.05) is 52.8 Å². The van der Waals surface area contributed by atoms with Crippen LogP contribution in [0, 0.1) is 6.92 Å². The zero-order valence-corrected chi connectivity index (χ0v) is 11.6. The van der Waals surface area contributed by atoms with Crippen molar-refractivity contribution >= 4 is 10.8 Å². The summed E-state index contributed by atoms with van der Waals surface area (Å²) >= 11 is 0. The number of hydrogen-bond donors (Lipinski definition) is 1. The molecule has 0 spiro atoms. The molecular weight excluding hydrogens is 220 g/mol. The molecule has 16 heavy (non-hydrogen) atoms. The van der Waals surface area contributed by atoms with Gasteiger partial charge in [-0.2, -0.15) is 0 Å². The second kappa shape index (κ2) is 7.58. The summed E-state index contributed by atoms with van der Waals surface area (Å²) in [5, 5.41) is 9.45. The Hall–Kier alpha value is -0.670. The predicted octanol–water partition coefficient (Wildman–Crippen LogP) is 3.20. The van der Waals surface area contributed by atoms with E-state index in [1.54, 1.807) is 0 Å². The highest BCUT2D eigenvalue weighted by molar-refractivity contribution is 7.85. The van der Waals surface area contributed by atoms with Crippen molar-refractivity contribution in [3.63, 3.8) is 0 Å². The highest BCUT2D eigenvalue weighted by Crippen LogP contribution is 2.30. The predicted molar refractivity (Wildman–Crippen MR) is 70.1 cm³/mol. The summed E-state index contributed by atoms with van der Waals surface area (Å²) in [6.07, 6.45) is -0.526. The van der Waals surface area contributed by atoms with Crippen molar-refractivity contribution < 1.29 is 9.32 Å². The molecule has 92 valence electrons. The molecule has 0 saturated heterocycles. The Morgan fingerprint density at radius 3 is 2.38 bits per heavy atom. The average molecular weight is 242 g/mol. The average Bonchev–Trinajstić information content (AvgIpc) is 2.60. The van der Waals surface area contributed by atoms with E-state index >= 15 is 0 Å². The molecule has 2 rings (SSSR count). The van der Waals surface area contributed by atoms with Gasteiger partial charge >= 0.3 is 0 Å². The van der Waals surface area contributed by atoms with Crippen molar-refractivity contribution in [1.29, 1.82) is 0 Å². The maximum atomic E-state index is 11.4. The number of aliphatic hydroxyl groups is 1. The lowest BCUT2D eigenvalue weighted by Crippen LogP contribution is -1.95. The molecule has 1 heterocycles. The van der Waals surface area contributed by atoms with Crippen molar-refractivity contribution in [3.05, 3.63) is 29.3 Å². The zero-order valence-electron chi connectivity index (χ0n) is 10.8. The Morgan fingerprint density at radius 2 is 1.81 bits per heavy atom. The highest BCUT2D eigenvalue weighted by atomic mass is 32.2. The third-order valence-electron chi connectivity index (χ3n) is 2.08. The van der Waals surface area contributed by atoms with Gasteiger partial charge in [-0.1, -0.05) is 39.8 Å². The molecule has 1 aromatic rings. The molecule has 0 amide bonds. The fourth-order valence-corrected chi connectivity index (χ4v) is 2.87. The van der Waals surface area contributed by atoms with Crippen molar-refractivity contribution in [1.82, 2.24) is 0 Å². The first-order valence-electron chi connectivity index (χ1n) is 5.85. The standard InChI is InChI=1S/C9H10O2S.2C2H6/c1-6-2-3-7-8(10)5-12(11)9(7)4-6;2*1-2/h2-4,8,10H,5H2,1H3;2*1-2H3. The number of rotatable bonds is 0. The maximum absolute atomic E-state index is 11.4. The van der Waals surface area contributed by atoms with Crippen LogP contribution in [0.1, 0.15) is 44.9 Å². The summed E-state index contributed by atoms with van der Waals surface area (Å²) in [5.41, 5.74) is 1.93. The lowest BCUT2D eigenvalue weighted by Gasteiger charge is -2.01. The highest BCUT2D eigenvalue weighted by Gasteiger charge is 2.26. The van der Waals surface area contributed by atoms with Crippen LogP contribution >= 0.6 is 0 Å². The monoisotopic (exact) mass is 242 g/mol. The van der Waals surface area contributed by atoms with Gasteiger partial charge in [0.25, 0.3) is 0 Å². The lowest BCUT2D eigenvalue weighted by atomic mass is 10.1. The van der Waals surface area contributed by atoms with Gasteiger partial charge in [0.1, 0.15) is 0 Å². The molecule has 1 aliphatic rings. The van der Waals surface area contributed by atoms with E-state index in [4.69, 9.17) is 0 Å². The molecule has 1 N–H and O–H groups in total. The molecule has 1 aliphatic heterocycles. The molecule has 0 saturated carbocycles. The van der Waals surface area contributed by atoms with Gasteiger partial charge in [0.05, 0.1) is 22.7 Å². The van der Waals surface area contributed by atoms with Gasteiger partial charge < -0.3 is 5.11 Å². The van der Waals surface area contributed by atoms with E-state index in [9.17, 15) is 9.32 Å². The van der Waals surface area contributed by atoms with Crippen LogP contribution < -0.4 is 0 Å². The van der Waals surface area contributed by atoms with Gasteiger partial charge in [-0.15, -0.1) is 0 Å². The molecule has 2 atom stereocenters. The normalized spacial score (nSPS) is 21.1. The first kappa shape index (κ1) is 15.3. The molecule has 0 aromatic heterocycles. The SMILES string of the molecule is CC.CC.Cc1ccc2c(c1)S(=O)CC2O. The van der Waals surface area contributed by atoms with Gasteiger partial charge in [-0.05, 0) is 24.1 Å². The summed E-state index contributed by atoms with van der Waals surface area (Å²) in [5.74, 6) is 0.360. The van der Waals surface area contributed by atoms with E-state index in [2.05, 4.69) is 0 Å². The number of hydrogen-bond acceptors (Lipinski definition) is 2. The fraction of sp³-hybridized carbons (Fsp3) is 0.538. The summed E-state index contributed by atoms with van der Waals surface area (Å²) in [7, 11) is -0.988. The minimum Gasteiger partial charge on any atom is -0.387 e. The molecule has 0 bridgehead atoms. The molecule has 0 aliphatic carbocycles. The van der Waals surface area contributed by atoms with Crippen LogP contribution in [0.5, 0.6) is 0 Å². The molecule has 2 unspecified atom stereocenters. The fourth-order valence-electron chi connectivity index (χ4n) is 1.44. The van der Waals surface area contributed by atoms with E-state index in [0.29, 0.717) is 5.75 Å². The second-order valence-corrected chi connectivity index (χ2v) is 4.53. The quantitative estimate of drug-likeness (QED) is 0.758. The second-order valence-electron chi connectivity index (χ2n) is 3.07. The smallest absolute Gasteiger partial charge is 0.0920 e. The summed E-state index contributed by atoms with van der Waals surface area (Å²) in [6.45, 7) is 9.96. The summed E-state index contributed by atoms with van der Waals surface area (Å²) in [6, 6.07) is 5.69. The van der Waals surface area contributed by atoms with Crippen LogP contribution in [0.3, 0.4) is 0 Å². The van der Waals surface area contributed by atoms with Gasteiger partial charge in [0, 0.05) is 4.90 Å². The first-order valence-corrected chi connectivity index (χ1v) is 7.17. The topological polar surface area (TPSA) is 37.3 Å². The van der Waals surface area contributed by atoms with Crippen LogP contribution in [0.15, 0.2) is 23.1 Å². The zero-order chi connectivity index (χ0) is 12.7. The third kappa shape index (κ3) is 3.42. The van der Waals surface area contributed by atoms with E-state index < -0.39 is 16.9 Å². The van der Waals surface area contributed by atoms with Crippen LogP contribution in [0.2, 0.25) is 0 Å². The Balaban J connectivity index is 0.000000509. The van der Waals surface area contributed by atoms with Gasteiger partial charge in [0.15, 0.2) is 0 Å². The number of benzene rings is 1. The third-order valence-corrected chi connectivity index (χ3v) is 3.55. The minimum absolute atomic E-state index is 0.360. The van der Waals surface area contributed by atoms with E-state index in [0.717, 1.165) is 16.0 Å². The maximum Gasteiger partial charge on any atom is 0.0920 e. The largest absolute Gasteiger partial charge is 0.387 e. The Labute approximate surface area is 101 Å². The first-order chi connectivity index (χ1) is 7.68. The summed E-state index contributed by atoms with van der Waals surface area (Å²) in [4.78, 5) is 0.808. The number of fused-ring (bicyclic) bond motifs is 1. The number of aliphatic hydroxyl groups excluding tert-OH is 1. The Bertz CT molecular complexity index is 348. The minimum atomic E-state index is -0.988. The van der Waals surface area contributed by atoms with Gasteiger partial charge in [-0.3, -0.25) is 4.21 Å². The van der Waals surface area contributed by atoms with E-state index in [1.165, 1.54) is 0 Å². The van der Waals surface area contributed by atoms with Gasteiger partial charge in [0.2, 0.25) is 0 Å². The van der Waals surface area contributed by atoms with Crippen LogP contribution in [-0.4, -0.2) is 15.1 Å². The van der Waals surface area contributed by atoms with Crippen LogP contribution in [-0.2, 0) is 10.8 Å². The molecule has 0 radical (unpaired) electrons. The van der Waals surface area contributed by atoms with E-state index in [-0.39, 0.29) is 0 Å². The van der Waals surface area contributed by atoms with Crippen LogP contribution in [0.4, 0.5) is 0 Å². The molecule has 0 fully saturated rings.